The molecule has 7 nitrogen and oxygen atoms in total. The van der Waals surface area contributed by atoms with Gasteiger partial charge in [-0.1, -0.05) is 11.6 Å². The number of nitrogens with zero attached hydrogens (tertiary/aromatic N) is 4. The Hall–Kier alpha value is -1.86. The molecule has 0 radical (unpaired) electrons. The molecule has 0 spiro atoms. The van der Waals surface area contributed by atoms with Crippen LogP contribution in [0.3, 0.4) is 0 Å². The van der Waals surface area contributed by atoms with E-state index in [9.17, 15) is 9.90 Å². The molecule has 0 aliphatic heterocycles. The van der Waals surface area contributed by atoms with E-state index in [0.29, 0.717) is 24.4 Å². The van der Waals surface area contributed by atoms with Gasteiger partial charge in [-0.15, -0.1) is 0 Å². The van der Waals surface area contributed by atoms with Gasteiger partial charge in [0.2, 0.25) is 5.91 Å². The van der Waals surface area contributed by atoms with Crippen molar-refractivity contribution in [1.82, 2.24) is 24.9 Å². The van der Waals surface area contributed by atoms with Crippen LogP contribution < -0.4 is 5.32 Å². The number of hydrogen-bond donors (Lipinski definition) is 2. The second-order valence-electron chi connectivity index (χ2n) is 5.64. The molecule has 1 aliphatic rings. The molecule has 0 saturated heterocycles. The molecule has 2 heterocycles. The van der Waals surface area contributed by atoms with Crippen molar-refractivity contribution >= 4 is 17.5 Å². The monoisotopic (exact) mass is 323 g/mol. The van der Waals surface area contributed by atoms with Crippen LogP contribution >= 0.6 is 11.6 Å². The minimum Gasteiger partial charge on any atom is -0.391 e. The fraction of sp³-hybridized carbons (Fsp3) is 0.500. The molecule has 22 heavy (non-hydrogen) atoms. The Morgan fingerprint density at radius 2 is 2.27 bits per heavy atom. The summed E-state index contributed by atoms with van der Waals surface area (Å²) in [5, 5.41) is 21.7. The molecule has 1 saturated carbocycles. The molecule has 3 rings (SSSR count). The van der Waals surface area contributed by atoms with Crippen molar-refractivity contribution in [2.45, 2.75) is 44.5 Å². The number of carbonyl (C=O) groups is 1. The first-order chi connectivity index (χ1) is 10.5. The van der Waals surface area contributed by atoms with Gasteiger partial charge in [0, 0.05) is 25.4 Å². The van der Waals surface area contributed by atoms with E-state index in [1.807, 2.05) is 13.1 Å². The number of aryl methyl sites for hydroxylation is 2. The molecular weight excluding hydrogens is 306 g/mol. The Bertz CT molecular complexity index is 668. The summed E-state index contributed by atoms with van der Waals surface area (Å²) in [4.78, 5) is 12.0. The summed E-state index contributed by atoms with van der Waals surface area (Å²) in [6.45, 7) is 2.41. The number of aliphatic hydroxyl groups is 1. The summed E-state index contributed by atoms with van der Waals surface area (Å²) in [5.41, 5.74) is 1.03. The molecule has 8 heteroatoms. The van der Waals surface area contributed by atoms with E-state index in [1.54, 1.807) is 21.8 Å². The topological polar surface area (TPSA) is 85.0 Å². The fourth-order valence-electron chi connectivity index (χ4n) is 2.67. The molecule has 1 fully saturated rings. The highest BCUT2D eigenvalue weighted by atomic mass is 35.5. The number of amides is 1. The highest BCUT2D eigenvalue weighted by molar-refractivity contribution is 6.30. The normalized spacial score (nSPS) is 24.0. The molecule has 118 valence electrons. The number of nitrogens with one attached hydrogen (secondary N) is 1. The molecule has 2 aromatic rings. The van der Waals surface area contributed by atoms with Crippen molar-refractivity contribution in [3.05, 3.63) is 35.4 Å². The van der Waals surface area contributed by atoms with E-state index in [2.05, 4.69) is 15.5 Å². The maximum atomic E-state index is 12.0. The van der Waals surface area contributed by atoms with Crippen LogP contribution in [0.25, 0.3) is 0 Å². The van der Waals surface area contributed by atoms with Crippen molar-refractivity contribution in [3.63, 3.8) is 0 Å². The molecular formula is C14H18ClN5O2. The Kier molecular flexibility index (Phi) is 4.17. The minimum atomic E-state index is -0.477. The molecule has 0 unspecified atom stereocenters. The van der Waals surface area contributed by atoms with Gasteiger partial charge in [0.05, 0.1) is 35.6 Å². The van der Waals surface area contributed by atoms with Crippen molar-refractivity contribution in [3.8, 4) is 0 Å². The lowest BCUT2D eigenvalue weighted by atomic mass is 9.83. The molecule has 3 atom stereocenters. The third kappa shape index (κ3) is 3.15. The highest BCUT2D eigenvalue weighted by Gasteiger charge is 2.42. The van der Waals surface area contributed by atoms with Gasteiger partial charge in [-0.2, -0.15) is 10.2 Å². The van der Waals surface area contributed by atoms with Crippen LogP contribution in [-0.4, -0.2) is 42.7 Å². The van der Waals surface area contributed by atoms with Gasteiger partial charge in [0.25, 0.3) is 0 Å². The summed E-state index contributed by atoms with van der Waals surface area (Å²) in [6, 6.07) is -0.292. The van der Waals surface area contributed by atoms with Crippen LogP contribution in [-0.2, 0) is 11.3 Å². The van der Waals surface area contributed by atoms with Crippen molar-refractivity contribution in [1.29, 1.82) is 0 Å². The smallest absolute Gasteiger partial charge is 0.222 e. The van der Waals surface area contributed by atoms with Gasteiger partial charge in [0.15, 0.2) is 0 Å². The number of aromatic nitrogens is 4. The van der Waals surface area contributed by atoms with Crippen molar-refractivity contribution < 1.29 is 9.90 Å². The van der Waals surface area contributed by atoms with E-state index >= 15 is 0 Å². The zero-order chi connectivity index (χ0) is 15.7. The van der Waals surface area contributed by atoms with Gasteiger partial charge in [0.1, 0.15) is 0 Å². The van der Waals surface area contributed by atoms with E-state index < -0.39 is 6.10 Å². The van der Waals surface area contributed by atoms with Crippen LogP contribution in [0.2, 0.25) is 5.02 Å². The Morgan fingerprint density at radius 3 is 2.86 bits per heavy atom. The maximum absolute atomic E-state index is 12.0. The first-order valence-electron chi connectivity index (χ1n) is 7.19. The lowest BCUT2D eigenvalue weighted by Crippen LogP contribution is -2.56. The maximum Gasteiger partial charge on any atom is 0.222 e. The average molecular weight is 324 g/mol. The average Bonchev–Trinajstić information content (AvgIpc) is 3.05. The van der Waals surface area contributed by atoms with E-state index in [-0.39, 0.29) is 18.0 Å². The van der Waals surface area contributed by atoms with Crippen LogP contribution in [0.4, 0.5) is 0 Å². The predicted octanol–water partition coefficient (Wildman–Crippen LogP) is 0.922. The van der Waals surface area contributed by atoms with Crippen molar-refractivity contribution in [2.75, 3.05) is 0 Å². The summed E-state index contributed by atoms with van der Waals surface area (Å²) < 4.78 is 3.35. The number of aliphatic hydroxyl groups excluding tert-OH is 1. The van der Waals surface area contributed by atoms with Gasteiger partial charge in [-0.3, -0.25) is 14.2 Å². The molecule has 2 N–H and O–H groups in total. The fourth-order valence-corrected chi connectivity index (χ4v) is 2.82. The first kappa shape index (κ1) is 15.1. The lowest BCUT2D eigenvalue weighted by Gasteiger charge is -2.41. The van der Waals surface area contributed by atoms with Gasteiger partial charge in [-0.05, 0) is 18.9 Å². The predicted molar refractivity (Wildman–Crippen MR) is 80.4 cm³/mol. The first-order valence-corrected chi connectivity index (χ1v) is 7.57. The summed E-state index contributed by atoms with van der Waals surface area (Å²) in [7, 11) is 0. The summed E-state index contributed by atoms with van der Waals surface area (Å²) >= 11 is 5.78. The third-order valence-corrected chi connectivity index (χ3v) is 4.05. The Balaban J connectivity index is 1.53. The molecule has 1 amide bonds. The van der Waals surface area contributed by atoms with Crippen LogP contribution in [0, 0.1) is 6.92 Å². The number of halogens is 1. The second kappa shape index (κ2) is 6.10. The van der Waals surface area contributed by atoms with E-state index in [4.69, 9.17) is 11.6 Å². The molecule has 1 aliphatic carbocycles. The lowest BCUT2D eigenvalue weighted by molar-refractivity contribution is -0.124. The van der Waals surface area contributed by atoms with Crippen LogP contribution in [0.1, 0.15) is 24.4 Å². The standard InChI is InChI=1S/C14H18ClN5O2/c1-9-5-17-20(7-9)14-11(4-12(14)21)18-13(22)2-3-19-8-10(15)6-16-19/h5-8,11-12,14,21H,2-4H2,1H3,(H,18,22)/t11-,12+,14+/m0/s1. The third-order valence-electron chi connectivity index (χ3n) is 3.85. The number of rotatable bonds is 5. The van der Waals surface area contributed by atoms with Gasteiger partial charge < -0.3 is 10.4 Å². The number of carbonyl (C=O) groups excluding carboxylic acids is 1. The molecule has 0 bridgehead atoms. The number of hydrogen-bond acceptors (Lipinski definition) is 4. The SMILES string of the molecule is Cc1cnn([C@H]2[C@H](O)C[C@@H]2NC(=O)CCn2cc(Cl)cn2)c1. The Morgan fingerprint density at radius 1 is 1.45 bits per heavy atom. The Labute approximate surface area is 132 Å². The van der Waals surface area contributed by atoms with E-state index in [0.717, 1.165) is 5.56 Å². The van der Waals surface area contributed by atoms with Crippen molar-refractivity contribution in [2.24, 2.45) is 0 Å². The zero-order valence-electron chi connectivity index (χ0n) is 12.2. The summed E-state index contributed by atoms with van der Waals surface area (Å²) in [5.74, 6) is -0.0719. The van der Waals surface area contributed by atoms with E-state index in [1.165, 1.54) is 6.20 Å². The van der Waals surface area contributed by atoms with Crippen LogP contribution in [0.15, 0.2) is 24.8 Å². The second-order valence-corrected chi connectivity index (χ2v) is 6.07. The molecule has 2 aromatic heterocycles. The van der Waals surface area contributed by atoms with Crippen LogP contribution in [0.5, 0.6) is 0 Å². The molecule has 0 aromatic carbocycles. The van der Waals surface area contributed by atoms with Gasteiger partial charge in [-0.25, -0.2) is 0 Å². The minimum absolute atomic E-state index is 0.0719. The highest BCUT2D eigenvalue weighted by Crippen LogP contribution is 2.32. The van der Waals surface area contributed by atoms with Gasteiger partial charge >= 0.3 is 0 Å². The largest absolute Gasteiger partial charge is 0.391 e. The zero-order valence-corrected chi connectivity index (χ0v) is 12.9. The summed E-state index contributed by atoms with van der Waals surface area (Å²) in [6.07, 6.45) is 7.21. The quantitative estimate of drug-likeness (QED) is 0.857.